The summed E-state index contributed by atoms with van der Waals surface area (Å²) in [4.78, 5) is 18.2. The highest BCUT2D eigenvalue weighted by molar-refractivity contribution is 6.27. The van der Waals surface area contributed by atoms with E-state index in [1.807, 2.05) is 42.5 Å². The second-order valence-electron chi connectivity index (χ2n) is 3.56. The van der Waals surface area contributed by atoms with Crippen molar-refractivity contribution in [3.05, 3.63) is 54.6 Å². The van der Waals surface area contributed by atoms with Gasteiger partial charge in [0, 0.05) is 11.3 Å². The predicted molar refractivity (Wildman–Crippen MR) is 71.6 cm³/mol. The van der Waals surface area contributed by atoms with E-state index in [0.29, 0.717) is 0 Å². The zero-order valence-corrected chi connectivity index (χ0v) is 9.98. The van der Waals surface area contributed by atoms with Crippen LogP contribution in [-0.4, -0.2) is 22.2 Å². The highest BCUT2D eigenvalue weighted by atomic mass is 16.4. The Bertz CT molecular complexity index is 555. The van der Waals surface area contributed by atoms with Crippen LogP contribution in [0.2, 0.25) is 0 Å². The van der Waals surface area contributed by atoms with Crippen LogP contribution in [0.15, 0.2) is 54.6 Å². The van der Waals surface area contributed by atoms with Crippen LogP contribution in [0.3, 0.4) is 0 Å². The van der Waals surface area contributed by atoms with Gasteiger partial charge in [0.25, 0.3) is 0 Å². The smallest absolute Gasteiger partial charge is 0.414 e. The largest absolute Gasteiger partial charge is 0.473 e. The van der Waals surface area contributed by atoms with Crippen molar-refractivity contribution in [1.82, 2.24) is 0 Å². The zero-order valence-electron chi connectivity index (χ0n) is 9.98. The van der Waals surface area contributed by atoms with Gasteiger partial charge in [0.05, 0.1) is 0 Å². The van der Waals surface area contributed by atoms with Crippen molar-refractivity contribution in [2.75, 3.05) is 5.73 Å². The third kappa shape index (κ3) is 4.51. The molecule has 0 unspecified atom stereocenters. The first-order chi connectivity index (χ1) is 9.02. The molecular weight excluding hydrogens is 246 g/mol. The van der Waals surface area contributed by atoms with Crippen molar-refractivity contribution in [3.63, 3.8) is 0 Å². The minimum Gasteiger partial charge on any atom is -0.473 e. The molecule has 0 bridgehead atoms. The van der Waals surface area contributed by atoms with E-state index in [0.717, 1.165) is 11.3 Å². The third-order valence-electron chi connectivity index (χ3n) is 2.23. The lowest BCUT2D eigenvalue weighted by molar-refractivity contribution is -0.159. The van der Waals surface area contributed by atoms with Crippen LogP contribution >= 0.6 is 0 Å². The maximum Gasteiger partial charge on any atom is 0.414 e. The zero-order chi connectivity index (χ0) is 14.3. The number of rotatable bonds is 1. The van der Waals surface area contributed by atoms with E-state index in [-0.39, 0.29) is 0 Å². The Morgan fingerprint density at radius 2 is 1.26 bits per heavy atom. The Morgan fingerprint density at radius 3 is 1.74 bits per heavy atom. The average molecular weight is 259 g/mol. The minimum absolute atomic E-state index is 0.828. The molecule has 4 N–H and O–H groups in total. The topological polar surface area (TPSA) is 101 Å². The van der Waals surface area contributed by atoms with E-state index in [4.69, 9.17) is 25.5 Å². The Labute approximate surface area is 109 Å². The van der Waals surface area contributed by atoms with Crippen LogP contribution in [0, 0.1) is 0 Å². The van der Waals surface area contributed by atoms with Crippen LogP contribution in [0.1, 0.15) is 0 Å². The molecule has 98 valence electrons. The predicted octanol–water partition coefficient (Wildman–Crippen LogP) is 2.09. The molecule has 0 aromatic heterocycles. The number of hydrogen-bond donors (Lipinski definition) is 3. The number of hydrogen-bond acceptors (Lipinski definition) is 3. The molecule has 0 saturated carbocycles. The third-order valence-corrected chi connectivity index (χ3v) is 2.23. The molecule has 0 aliphatic carbocycles. The quantitative estimate of drug-likeness (QED) is 0.537. The van der Waals surface area contributed by atoms with Gasteiger partial charge < -0.3 is 15.9 Å². The first-order valence-electron chi connectivity index (χ1n) is 5.38. The summed E-state index contributed by atoms with van der Waals surface area (Å²) in [6.45, 7) is 0. The van der Waals surface area contributed by atoms with Gasteiger partial charge in [0.2, 0.25) is 0 Å². The van der Waals surface area contributed by atoms with Gasteiger partial charge in [-0.15, -0.1) is 0 Å². The van der Waals surface area contributed by atoms with Gasteiger partial charge in [0.1, 0.15) is 0 Å². The Hall–Kier alpha value is -2.82. The van der Waals surface area contributed by atoms with E-state index in [1.54, 1.807) is 0 Å². The SMILES string of the molecule is Nc1ccccc1-c1ccccc1.O=C(O)C(=O)O. The standard InChI is InChI=1S/C12H11N.C2H2O4/c13-12-9-5-4-8-11(12)10-6-2-1-3-7-10;3-1(4)2(5)6/h1-9H,13H2;(H,3,4)(H,5,6). The summed E-state index contributed by atoms with van der Waals surface area (Å²) in [7, 11) is 0. The van der Waals surface area contributed by atoms with Crippen LogP contribution in [0.4, 0.5) is 5.69 Å². The molecule has 19 heavy (non-hydrogen) atoms. The number of benzene rings is 2. The van der Waals surface area contributed by atoms with Crippen molar-refractivity contribution in [2.24, 2.45) is 0 Å². The molecule has 0 heterocycles. The van der Waals surface area contributed by atoms with Crippen LogP contribution in [-0.2, 0) is 9.59 Å². The summed E-state index contributed by atoms with van der Waals surface area (Å²) in [6.07, 6.45) is 0. The first kappa shape index (κ1) is 14.2. The number of carboxylic acids is 2. The summed E-state index contributed by atoms with van der Waals surface area (Å²) < 4.78 is 0. The van der Waals surface area contributed by atoms with Crippen LogP contribution in [0.25, 0.3) is 11.1 Å². The van der Waals surface area contributed by atoms with E-state index in [9.17, 15) is 0 Å². The van der Waals surface area contributed by atoms with Gasteiger partial charge in [0.15, 0.2) is 0 Å². The van der Waals surface area contributed by atoms with Crippen molar-refractivity contribution in [3.8, 4) is 11.1 Å². The number of anilines is 1. The molecule has 0 amide bonds. The molecule has 5 nitrogen and oxygen atoms in total. The normalized spacial score (nSPS) is 9.05. The molecule has 2 rings (SSSR count). The number of nitrogens with two attached hydrogens (primary N) is 1. The molecule has 2 aromatic rings. The lowest BCUT2D eigenvalue weighted by Crippen LogP contribution is -2.09. The summed E-state index contributed by atoms with van der Waals surface area (Å²) in [6, 6.07) is 18.1. The summed E-state index contributed by atoms with van der Waals surface area (Å²) in [5.74, 6) is -3.65. The van der Waals surface area contributed by atoms with E-state index < -0.39 is 11.9 Å². The molecule has 0 aliphatic rings. The maximum absolute atomic E-state index is 9.10. The first-order valence-corrected chi connectivity index (χ1v) is 5.38. The van der Waals surface area contributed by atoms with Gasteiger partial charge in [-0.1, -0.05) is 48.5 Å². The van der Waals surface area contributed by atoms with E-state index in [2.05, 4.69) is 12.1 Å². The molecule has 0 aliphatic heterocycles. The monoisotopic (exact) mass is 259 g/mol. The van der Waals surface area contributed by atoms with Gasteiger partial charge in [-0.25, -0.2) is 9.59 Å². The van der Waals surface area contributed by atoms with Gasteiger partial charge in [-0.3, -0.25) is 0 Å². The van der Waals surface area contributed by atoms with Gasteiger partial charge >= 0.3 is 11.9 Å². The second-order valence-corrected chi connectivity index (χ2v) is 3.56. The minimum atomic E-state index is -1.82. The van der Waals surface area contributed by atoms with Gasteiger partial charge in [-0.05, 0) is 11.6 Å². The lowest BCUT2D eigenvalue weighted by Gasteiger charge is -2.03. The Morgan fingerprint density at radius 1 is 0.789 bits per heavy atom. The average Bonchev–Trinajstić information content (AvgIpc) is 2.41. The lowest BCUT2D eigenvalue weighted by atomic mass is 10.0. The molecule has 0 spiro atoms. The fourth-order valence-corrected chi connectivity index (χ4v) is 1.38. The van der Waals surface area contributed by atoms with Crippen molar-refractivity contribution >= 4 is 17.6 Å². The maximum atomic E-state index is 9.10. The molecule has 0 fully saturated rings. The molecule has 0 atom stereocenters. The Kier molecular flexibility index (Phi) is 5.10. The highest BCUT2D eigenvalue weighted by Gasteiger charge is 2.04. The number of para-hydroxylation sites is 1. The van der Waals surface area contributed by atoms with E-state index in [1.165, 1.54) is 5.56 Å². The highest BCUT2D eigenvalue weighted by Crippen LogP contribution is 2.24. The van der Waals surface area contributed by atoms with Crippen LogP contribution < -0.4 is 5.73 Å². The number of carboxylic acid groups (broad SMARTS) is 2. The second kappa shape index (κ2) is 6.80. The van der Waals surface area contributed by atoms with E-state index >= 15 is 0 Å². The molecule has 0 saturated heterocycles. The molecule has 5 heteroatoms. The number of nitrogen functional groups attached to an aromatic ring is 1. The number of aliphatic carboxylic acids is 2. The molecule has 2 aromatic carbocycles. The fraction of sp³-hybridized carbons (Fsp3) is 0. The van der Waals surface area contributed by atoms with Crippen LogP contribution in [0.5, 0.6) is 0 Å². The van der Waals surface area contributed by atoms with Crippen molar-refractivity contribution in [2.45, 2.75) is 0 Å². The molecular formula is C14H13NO4. The van der Waals surface area contributed by atoms with Gasteiger partial charge in [-0.2, -0.15) is 0 Å². The van der Waals surface area contributed by atoms with Crippen molar-refractivity contribution < 1.29 is 19.8 Å². The summed E-state index contributed by atoms with van der Waals surface area (Å²) in [5.41, 5.74) is 8.95. The molecule has 0 radical (unpaired) electrons. The Balaban J connectivity index is 0.000000258. The fourth-order valence-electron chi connectivity index (χ4n) is 1.38. The number of carbonyl (C=O) groups is 2. The summed E-state index contributed by atoms with van der Waals surface area (Å²) in [5, 5.41) is 14.8. The summed E-state index contributed by atoms with van der Waals surface area (Å²) >= 11 is 0. The van der Waals surface area contributed by atoms with Crippen molar-refractivity contribution in [1.29, 1.82) is 0 Å².